The summed E-state index contributed by atoms with van der Waals surface area (Å²) >= 11 is 1.68. The van der Waals surface area contributed by atoms with Gasteiger partial charge in [-0.15, -0.1) is 11.3 Å². The van der Waals surface area contributed by atoms with Crippen LogP contribution in [0.1, 0.15) is 0 Å². The van der Waals surface area contributed by atoms with Gasteiger partial charge in [0.2, 0.25) is 0 Å². The SMILES string of the molecule is c1ccc(N(c2ccc3c(c2)sc2nc(N(c4ccccc4)c4ccc5c6ccccc6n(-c6ccccc6)c5c4)cnc23)c2ccc3c4ccccc4n(-c4ccccc4)c3c2)cc1. The first-order chi connectivity index (χ1) is 32.2. The normalized spacial score (nSPS) is 11.7. The van der Waals surface area contributed by atoms with E-state index in [-0.39, 0.29) is 0 Å². The molecular weight excluding hydrogens is 813 g/mol. The van der Waals surface area contributed by atoms with Gasteiger partial charge in [-0.2, -0.15) is 0 Å². The molecule has 0 atom stereocenters. The number of rotatable bonds is 8. The Morgan fingerprint density at radius 1 is 0.354 bits per heavy atom. The van der Waals surface area contributed by atoms with Crippen molar-refractivity contribution < 1.29 is 0 Å². The van der Waals surface area contributed by atoms with Crippen LogP contribution in [0, 0.1) is 0 Å². The Bertz CT molecular complexity index is 3640. The summed E-state index contributed by atoms with van der Waals surface area (Å²) in [7, 11) is 0. The van der Waals surface area contributed by atoms with Crippen molar-refractivity contribution in [1.82, 2.24) is 19.1 Å². The molecule has 9 aromatic carbocycles. The number of aromatic nitrogens is 4. The number of hydrogen-bond acceptors (Lipinski definition) is 5. The number of para-hydroxylation sites is 6. The van der Waals surface area contributed by atoms with E-state index in [9.17, 15) is 0 Å². The Hall–Kier alpha value is -8.52. The molecule has 0 saturated heterocycles. The topological polar surface area (TPSA) is 42.1 Å². The van der Waals surface area contributed by atoms with E-state index in [0.29, 0.717) is 0 Å². The van der Waals surface area contributed by atoms with Crippen LogP contribution in [0.3, 0.4) is 0 Å². The minimum atomic E-state index is 0.755. The molecule has 4 aromatic heterocycles. The molecule has 0 aliphatic rings. The Balaban J connectivity index is 0.949. The average molecular weight is 851 g/mol. The molecule has 13 rings (SSSR count). The lowest BCUT2D eigenvalue weighted by atomic mass is 10.1. The zero-order chi connectivity index (χ0) is 42.8. The standard InChI is InChI=1S/C58H38N6S/c1-5-17-39(18-6-1)61(43-29-32-48-46-25-13-15-27-51(46)63(53(48)35-43)41-21-9-3-10-22-41)45-31-34-50-55(37-45)65-58-57(50)59-38-56(60-58)62(40-19-7-2-8-20-40)44-30-33-49-47-26-14-16-28-52(47)64(54(49)36-44)42-23-11-4-12-24-42/h1-38H. The zero-order valence-corrected chi connectivity index (χ0v) is 35.8. The highest BCUT2D eigenvalue weighted by Gasteiger charge is 2.22. The fourth-order valence-electron chi connectivity index (χ4n) is 9.68. The van der Waals surface area contributed by atoms with E-state index in [1.165, 1.54) is 32.6 Å². The number of anilines is 6. The summed E-state index contributed by atoms with van der Waals surface area (Å²) in [5.74, 6) is 0.755. The molecule has 65 heavy (non-hydrogen) atoms. The van der Waals surface area contributed by atoms with E-state index >= 15 is 0 Å². The van der Waals surface area contributed by atoms with Crippen LogP contribution in [0.2, 0.25) is 0 Å². The third kappa shape index (κ3) is 6.09. The van der Waals surface area contributed by atoms with Crippen molar-refractivity contribution in [2.24, 2.45) is 0 Å². The molecule has 0 fully saturated rings. The first-order valence-electron chi connectivity index (χ1n) is 21.8. The molecule has 6 nitrogen and oxygen atoms in total. The molecular formula is C58H38N6S. The summed E-state index contributed by atoms with van der Waals surface area (Å²) in [6.45, 7) is 0. The second-order valence-corrected chi connectivity index (χ2v) is 17.3. The molecule has 0 aliphatic heterocycles. The van der Waals surface area contributed by atoms with Gasteiger partial charge in [0.15, 0.2) is 5.82 Å². The monoisotopic (exact) mass is 850 g/mol. The lowest BCUT2D eigenvalue weighted by Crippen LogP contribution is -2.12. The van der Waals surface area contributed by atoms with Crippen LogP contribution >= 0.6 is 11.3 Å². The molecule has 306 valence electrons. The third-order valence-corrected chi connectivity index (χ3v) is 13.6. The molecule has 13 aromatic rings. The summed E-state index contributed by atoms with van der Waals surface area (Å²) < 4.78 is 5.85. The number of thiophene rings is 1. The van der Waals surface area contributed by atoms with Gasteiger partial charge in [0.05, 0.1) is 28.3 Å². The molecule has 0 unspecified atom stereocenters. The van der Waals surface area contributed by atoms with Crippen LogP contribution in [-0.4, -0.2) is 19.1 Å². The maximum Gasteiger partial charge on any atom is 0.157 e. The molecule has 0 bridgehead atoms. The van der Waals surface area contributed by atoms with Crippen molar-refractivity contribution in [1.29, 1.82) is 0 Å². The van der Waals surface area contributed by atoms with Crippen LogP contribution in [0.4, 0.5) is 34.3 Å². The van der Waals surface area contributed by atoms with Crippen LogP contribution in [0.15, 0.2) is 231 Å². The van der Waals surface area contributed by atoms with Crippen LogP contribution in [0.5, 0.6) is 0 Å². The Kier molecular flexibility index (Phi) is 8.60. The van der Waals surface area contributed by atoms with Gasteiger partial charge < -0.3 is 14.0 Å². The highest BCUT2D eigenvalue weighted by atomic mass is 32.1. The number of benzene rings is 9. The summed E-state index contributed by atoms with van der Waals surface area (Å²) in [6, 6.07) is 79.9. The van der Waals surface area contributed by atoms with E-state index in [1.807, 2.05) is 6.20 Å². The van der Waals surface area contributed by atoms with Gasteiger partial charge >= 0.3 is 0 Å². The van der Waals surface area contributed by atoms with Crippen molar-refractivity contribution >= 4 is 110 Å². The minimum Gasteiger partial charge on any atom is -0.310 e. The second-order valence-electron chi connectivity index (χ2n) is 16.3. The molecule has 0 N–H and O–H groups in total. The van der Waals surface area contributed by atoms with Gasteiger partial charge in [-0.1, -0.05) is 121 Å². The number of nitrogens with zero attached hydrogens (tertiary/aromatic N) is 6. The Morgan fingerprint density at radius 3 is 1.34 bits per heavy atom. The summed E-state index contributed by atoms with van der Waals surface area (Å²) in [5.41, 5.74) is 13.0. The maximum absolute atomic E-state index is 5.41. The van der Waals surface area contributed by atoms with Crippen LogP contribution in [-0.2, 0) is 0 Å². The molecule has 0 radical (unpaired) electrons. The Labute approximate surface area is 378 Å². The summed E-state index contributed by atoms with van der Waals surface area (Å²) in [6.07, 6.45) is 1.92. The maximum atomic E-state index is 5.41. The van der Waals surface area contributed by atoms with Crippen molar-refractivity contribution in [2.45, 2.75) is 0 Å². The van der Waals surface area contributed by atoms with Crippen molar-refractivity contribution in [3.05, 3.63) is 231 Å². The molecule has 0 aliphatic carbocycles. The predicted molar refractivity (Wildman–Crippen MR) is 273 cm³/mol. The lowest BCUT2D eigenvalue weighted by Gasteiger charge is -2.26. The van der Waals surface area contributed by atoms with E-state index in [2.05, 4.69) is 243 Å². The van der Waals surface area contributed by atoms with Gasteiger partial charge in [-0.05, 0) is 103 Å². The Morgan fingerprint density at radius 2 is 0.785 bits per heavy atom. The molecule has 4 heterocycles. The average Bonchev–Trinajstić information content (AvgIpc) is 4.02. The third-order valence-electron chi connectivity index (χ3n) is 12.5. The minimum absolute atomic E-state index is 0.755. The van der Waals surface area contributed by atoms with E-state index in [0.717, 1.165) is 77.1 Å². The van der Waals surface area contributed by atoms with Crippen molar-refractivity contribution in [3.8, 4) is 11.4 Å². The van der Waals surface area contributed by atoms with Crippen LogP contribution in [0.25, 0.3) is 75.4 Å². The molecule has 0 saturated carbocycles. The lowest BCUT2D eigenvalue weighted by molar-refractivity contribution is 1.16. The quantitative estimate of drug-likeness (QED) is 0.153. The smallest absolute Gasteiger partial charge is 0.157 e. The first-order valence-corrected chi connectivity index (χ1v) is 22.6. The van der Waals surface area contributed by atoms with E-state index < -0.39 is 0 Å². The van der Waals surface area contributed by atoms with Gasteiger partial charge in [-0.3, -0.25) is 4.90 Å². The highest BCUT2D eigenvalue weighted by Crippen LogP contribution is 2.44. The molecule has 7 heteroatoms. The second kappa shape index (κ2) is 15.1. The van der Waals surface area contributed by atoms with Crippen molar-refractivity contribution in [3.63, 3.8) is 0 Å². The highest BCUT2D eigenvalue weighted by molar-refractivity contribution is 7.25. The van der Waals surface area contributed by atoms with Gasteiger partial charge in [-0.25, -0.2) is 9.97 Å². The predicted octanol–water partition coefficient (Wildman–Crippen LogP) is 16.0. The van der Waals surface area contributed by atoms with Gasteiger partial charge in [0, 0.05) is 71.4 Å². The zero-order valence-electron chi connectivity index (χ0n) is 35.0. The van der Waals surface area contributed by atoms with Crippen LogP contribution < -0.4 is 9.80 Å². The largest absolute Gasteiger partial charge is 0.310 e. The molecule has 0 spiro atoms. The van der Waals surface area contributed by atoms with Gasteiger partial charge in [0.1, 0.15) is 10.3 Å². The van der Waals surface area contributed by atoms with E-state index in [4.69, 9.17) is 9.97 Å². The van der Waals surface area contributed by atoms with Crippen molar-refractivity contribution in [2.75, 3.05) is 9.80 Å². The van der Waals surface area contributed by atoms with E-state index in [1.54, 1.807) is 11.3 Å². The number of hydrogen-bond donors (Lipinski definition) is 0. The van der Waals surface area contributed by atoms with Gasteiger partial charge in [0.25, 0.3) is 0 Å². The number of fused-ring (bicyclic) bond motifs is 9. The fourth-order valence-corrected chi connectivity index (χ4v) is 10.7. The molecule has 0 amide bonds. The fraction of sp³-hybridized carbons (Fsp3) is 0. The summed E-state index contributed by atoms with van der Waals surface area (Å²) in [5, 5.41) is 5.96. The first kappa shape index (κ1) is 37.1. The summed E-state index contributed by atoms with van der Waals surface area (Å²) in [4.78, 5) is 16.0.